The van der Waals surface area contributed by atoms with E-state index in [0.717, 1.165) is 11.1 Å². The molecule has 0 radical (unpaired) electrons. The molecule has 0 aliphatic carbocycles. The molecule has 4 aromatic rings. The Bertz CT molecular complexity index is 1230. The van der Waals surface area contributed by atoms with Crippen LogP contribution in [0.5, 0.6) is 11.5 Å². The van der Waals surface area contributed by atoms with E-state index >= 15 is 0 Å². The van der Waals surface area contributed by atoms with E-state index in [9.17, 15) is 4.79 Å². The quantitative estimate of drug-likeness (QED) is 0.319. The Morgan fingerprint density at radius 1 is 0.969 bits per heavy atom. The number of ether oxygens (including phenoxy) is 2. The normalized spacial score (nSPS) is 10.9. The molecule has 160 valence electrons. The lowest BCUT2D eigenvalue weighted by molar-refractivity contribution is 0.0955. The van der Waals surface area contributed by atoms with Gasteiger partial charge in [-0.25, -0.2) is 5.43 Å². The summed E-state index contributed by atoms with van der Waals surface area (Å²) in [6.07, 6.45) is 4.68. The number of nitrogens with one attached hydrogen (secondary N) is 1. The minimum atomic E-state index is -0.302. The van der Waals surface area contributed by atoms with Gasteiger partial charge in [-0.3, -0.25) is 9.78 Å². The van der Waals surface area contributed by atoms with E-state index in [4.69, 9.17) is 9.47 Å². The minimum absolute atomic E-state index is 0.302. The van der Waals surface area contributed by atoms with Crippen LogP contribution in [0.4, 0.5) is 0 Å². The molecule has 6 heteroatoms. The van der Waals surface area contributed by atoms with E-state index in [1.807, 2.05) is 43.3 Å². The highest BCUT2D eigenvalue weighted by molar-refractivity contribution is 5.94. The van der Waals surface area contributed by atoms with Gasteiger partial charge in [-0.05, 0) is 59.2 Å². The number of hydrogen-bond acceptors (Lipinski definition) is 5. The van der Waals surface area contributed by atoms with Crippen LogP contribution in [0.2, 0.25) is 0 Å². The first-order valence-corrected chi connectivity index (χ1v) is 10.3. The predicted molar refractivity (Wildman–Crippen MR) is 125 cm³/mol. The molecule has 1 aromatic heterocycles. The summed E-state index contributed by atoms with van der Waals surface area (Å²) in [5.41, 5.74) is 4.88. The summed E-state index contributed by atoms with van der Waals surface area (Å²) in [6, 6.07) is 23.2. The lowest BCUT2D eigenvalue weighted by Gasteiger charge is -2.13. The van der Waals surface area contributed by atoms with E-state index in [1.54, 1.807) is 30.7 Å². The molecule has 6 nitrogen and oxygen atoms in total. The summed E-state index contributed by atoms with van der Waals surface area (Å²) in [5.74, 6) is 0.971. The van der Waals surface area contributed by atoms with Gasteiger partial charge in [-0.15, -0.1) is 0 Å². The summed E-state index contributed by atoms with van der Waals surface area (Å²) >= 11 is 0. The zero-order valence-corrected chi connectivity index (χ0v) is 17.7. The van der Waals surface area contributed by atoms with Gasteiger partial charge in [-0.1, -0.05) is 42.5 Å². The van der Waals surface area contributed by atoms with E-state index < -0.39 is 0 Å². The molecule has 0 fully saturated rings. The maximum atomic E-state index is 12.1. The second kappa shape index (κ2) is 10.2. The number of hydrogen-bond donors (Lipinski definition) is 1. The molecular formula is C26H23N3O3. The lowest BCUT2D eigenvalue weighted by atomic mass is 10.1. The van der Waals surface area contributed by atoms with Crippen molar-refractivity contribution in [2.75, 3.05) is 6.61 Å². The van der Waals surface area contributed by atoms with Crippen LogP contribution in [0, 0.1) is 0 Å². The van der Waals surface area contributed by atoms with Crippen LogP contribution in [0.3, 0.4) is 0 Å². The summed E-state index contributed by atoms with van der Waals surface area (Å²) in [7, 11) is 0. The van der Waals surface area contributed by atoms with Crippen LogP contribution in [-0.2, 0) is 6.61 Å². The fourth-order valence-corrected chi connectivity index (χ4v) is 3.30. The first-order chi connectivity index (χ1) is 15.7. The largest absolute Gasteiger partial charge is 0.490 e. The predicted octanol–water partition coefficient (Wildman–Crippen LogP) is 4.98. The summed E-state index contributed by atoms with van der Waals surface area (Å²) in [5, 5.41) is 6.38. The maximum Gasteiger partial charge on any atom is 0.271 e. The first kappa shape index (κ1) is 21.1. The average Bonchev–Trinajstić information content (AvgIpc) is 2.84. The number of carbonyl (C=O) groups is 1. The molecule has 0 saturated carbocycles. The third-order valence-electron chi connectivity index (χ3n) is 4.85. The van der Waals surface area contributed by atoms with Crippen LogP contribution in [0.25, 0.3) is 10.8 Å². The van der Waals surface area contributed by atoms with Crippen molar-refractivity contribution in [1.82, 2.24) is 10.4 Å². The van der Waals surface area contributed by atoms with Gasteiger partial charge in [0.25, 0.3) is 5.91 Å². The molecule has 0 spiro atoms. The standard InChI is InChI=1S/C26H23N3O3/c1-2-31-25-16-19(17-28-29-26(30)21-12-14-27-15-13-21)10-11-24(25)32-18-22-8-5-7-20-6-3-4-9-23(20)22/h3-17H,2,18H2,1H3,(H,29,30)/b28-17+. The second-order valence-corrected chi connectivity index (χ2v) is 7.00. The Labute approximate surface area is 186 Å². The van der Waals surface area contributed by atoms with Crippen molar-refractivity contribution < 1.29 is 14.3 Å². The Kier molecular flexibility index (Phi) is 6.72. The van der Waals surface area contributed by atoms with Crippen LogP contribution < -0.4 is 14.9 Å². The fraction of sp³-hybridized carbons (Fsp3) is 0.115. The minimum Gasteiger partial charge on any atom is -0.490 e. The van der Waals surface area contributed by atoms with Crippen molar-refractivity contribution in [1.29, 1.82) is 0 Å². The van der Waals surface area contributed by atoms with Gasteiger partial charge in [0, 0.05) is 18.0 Å². The molecule has 0 aliphatic heterocycles. The molecule has 1 N–H and O–H groups in total. The van der Waals surface area contributed by atoms with E-state index in [-0.39, 0.29) is 5.91 Å². The molecule has 4 rings (SSSR count). The number of rotatable bonds is 8. The zero-order chi connectivity index (χ0) is 22.2. The van der Waals surface area contributed by atoms with Gasteiger partial charge in [-0.2, -0.15) is 5.10 Å². The Morgan fingerprint density at radius 2 is 1.78 bits per heavy atom. The highest BCUT2D eigenvalue weighted by atomic mass is 16.5. The molecule has 0 unspecified atom stereocenters. The van der Waals surface area contributed by atoms with Crippen molar-refractivity contribution in [3.63, 3.8) is 0 Å². The van der Waals surface area contributed by atoms with Crippen molar-refractivity contribution in [3.8, 4) is 11.5 Å². The molecule has 0 saturated heterocycles. The number of hydrazone groups is 1. The fourth-order valence-electron chi connectivity index (χ4n) is 3.30. The third-order valence-corrected chi connectivity index (χ3v) is 4.85. The van der Waals surface area contributed by atoms with Crippen LogP contribution in [-0.4, -0.2) is 23.7 Å². The van der Waals surface area contributed by atoms with E-state index in [0.29, 0.717) is 30.3 Å². The van der Waals surface area contributed by atoms with Crippen LogP contribution >= 0.6 is 0 Å². The van der Waals surface area contributed by atoms with E-state index in [2.05, 4.69) is 39.8 Å². The topological polar surface area (TPSA) is 72.8 Å². The van der Waals surface area contributed by atoms with Gasteiger partial charge in [0.05, 0.1) is 12.8 Å². The van der Waals surface area contributed by atoms with Gasteiger partial charge in [0.1, 0.15) is 6.61 Å². The first-order valence-electron chi connectivity index (χ1n) is 10.3. The zero-order valence-electron chi connectivity index (χ0n) is 17.7. The van der Waals surface area contributed by atoms with Crippen molar-refractivity contribution in [3.05, 3.63) is 102 Å². The number of benzene rings is 3. The molecule has 1 heterocycles. The molecular weight excluding hydrogens is 402 g/mol. The van der Waals surface area contributed by atoms with Gasteiger partial charge in [0.2, 0.25) is 0 Å². The van der Waals surface area contributed by atoms with E-state index in [1.165, 1.54) is 10.8 Å². The third kappa shape index (κ3) is 5.10. The number of amides is 1. The van der Waals surface area contributed by atoms with Crippen molar-refractivity contribution in [2.45, 2.75) is 13.5 Å². The van der Waals surface area contributed by atoms with Gasteiger partial charge in [0.15, 0.2) is 11.5 Å². The Hall–Kier alpha value is -4.19. The number of pyridine rings is 1. The number of fused-ring (bicyclic) bond motifs is 1. The van der Waals surface area contributed by atoms with Crippen molar-refractivity contribution in [2.24, 2.45) is 5.10 Å². The SMILES string of the molecule is CCOc1cc(/C=N/NC(=O)c2ccncc2)ccc1OCc1cccc2ccccc12. The number of aromatic nitrogens is 1. The monoisotopic (exact) mass is 425 g/mol. The van der Waals surface area contributed by atoms with Crippen LogP contribution in [0.15, 0.2) is 90.3 Å². The highest BCUT2D eigenvalue weighted by Crippen LogP contribution is 2.30. The molecule has 0 bridgehead atoms. The van der Waals surface area contributed by atoms with Gasteiger partial charge < -0.3 is 9.47 Å². The number of nitrogens with zero attached hydrogens (tertiary/aromatic N) is 2. The molecule has 0 aliphatic rings. The average molecular weight is 425 g/mol. The lowest BCUT2D eigenvalue weighted by Crippen LogP contribution is -2.17. The van der Waals surface area contributed by atoms with Crippen molar-refractivity contribution >= 4 is 22.9 Å². The molecule has 0 atom stereocenters. The van der Waals surface area contributed by atoms with Gasteiger partial charge >= 0.3 is 0 Å². The Balaban J connectivity index is 1.46. The highest BCUT2D eigenvalue weighted by Gasteiger charge is 2.08. The summed E-state index contributed by atoms with van der Waals surface area (Å²) in [4.78, 5) is 16.0. The summed E-state index contributed by atoms with van der Waals surface area (Å²) < 4.78 is 11.9. The molecule has 1 amide bonds. The molecule has 3 aromatic carbocycles. The smallest absolute Gasteiger partial charge is 0.271 e. The van der Waals surface area contributed by atoms with Crippen LogP contribution in [0.1, 0.15) is 28.4 Å². The number of carbonyl (C=O) groups excluding carboxylic acids is 1. The maximum absolute atomic E-state index is 12.1. The molecule has 32 heavy (non-hydrogen) atoms. The second-order valence-electron chi connectivity index (χ2n) is 7.00. The Morgan fingerprint density at radius 3 is 2.62 bits per heavy atom. The summed E-state index contributed by atoms with van der Waals surface area (Å²) in [6.45, 7) is 2.85.